The first-order valence-corrected chi connectivity index (χ1v) is 9.14. The van der Waals surface area contributed by atoms with E-state index in [1.54, 1.807) is 13.8 Å². The van der Waals surface area contributed by atoms with Gasteiger partial charge in [0, 0.05) is 6.54 Å². The van der Waals surface area contributed by atoms with Crippen molar-refractivity contribution in [3.05, 3.63) is 27.2 Å². The number of carbonyl (C=O) groups is 3. The Hall–Kier alpha value is -2.22. The molecule has 2 rings (SSSR count). The smallest absolute Gasteiger partial charge is 0.350 e. The number of aryl methyl sites for hydroxylation is 2. The molecule has 3 amide bonds. The van der Waals surface area contributed by atoms with Crippen molar-refractivity contribution in [2.24, 2.45) is 0 Å². The van der Waals surface area contributed by atoms with Crippen LogP contribution in [0.5, 0.6) is 0 Å². The number of allylic oxidation sites excluding steroid dienone is 1. The van der Waals surface area contributed by atoms with E-state index in [0.29, 0.717) is 17.1 Å². The molecule has 0 fully saturated rings. The zero-order valence-corrected chi connectivity index (χ0v) is 15.3. The number of hydrogen-bond acceptors (Lipinski definition) is 6. The molecule has 1 aromatic rings. The fourth-order valence-corrected chi connectivity index (χ4v) is 3.41. The summed E-state index contributed by atoms with van der Waals surface area (Å²) in [6.07, 6.45) is 7.61. The fourth-order valence-electron chi connectivity index (χ4n) is 2.59. The lowest BCUT2D eigenvalue weighted by Crippen LogP contribution is -2.41. The molecule has 7 nitrogen and oxygen atoms in total. The van der Waals surface area contributed by atoms with E-state index in [9.17, 15) is 14.4 Å². The molecular formula is C17H23N3O4S. The van der Waals surface area contributed by atoms with Gasteiger partial charge in [0.1, 0.15) is 4.88 Å². The number of amides is 3. The topological polar surface area (TPSA) is 97.4 Å². The minimum absolute atomic E-state index is 0.371. The van der Waals surface area contributed by atoms with Crippen LogP contribution in [0.15, 0.2) is 11.6 Å². The number of thiazole rings is 1. The predicted octanol–water partition coefficient (Wildman–Crippen LogP) is 2.63. The second-order valence-electron chi connectivity index (χ2n) is 5.89. The summed E-state index contributed by atoms with van der Waals surface area (Å²) in [6.45, 7) is 3.46. The van der Waals surface area contributed by atoms with Crippen LogP contribution in [-0.4, -0.2) is 36.0 Å². The molecule has 1 aromatic heterocycles. The van der Waals surface area contributed by atoms with Crippen LogP contribution in [0.3, 0.4) is 0 Å². The van der Waals surface area contributed by atoms with E-state index in [1.165, 1.54) is 29.8 Å². The van der Waals surface area contributed by atoms with E-state index < -0.39 is 24.5 Å². The maximum atomic E-state index is 11.9. The van der Waals surface area contributed by atoms with Gasteiger partial charge in [-0.05, 0) is 46.0 Å². The van der Waals surface area contributed by atoms with E-state index in [4.69, 9.17) is 4.74 Å². The third-order valence-electron chi connectivity index (χ3n) is 3.79. The number of esters is 1. The van der Waals surface area contributed by atoms with Crippen LogP contribution in [0.25, 0.3) is 0 Å². The third-order valence-corrected chi connectivity index (χ3v) is 4.85. The number of urea groups is 1. The number of nitrogens with zero attached hydrogens (tertiary/aromatic N) is 1. The Morgan fingerprint density at radius 2 is 2.08 bits per heavy atom. The Labute approximate surface area is 150 Å². The van der Waals surface area contributed by atoms with Crippen LogP contribution in [0.2, 0.25) is 0 Å². The Morgan fingerprint density at radius 1 is 1.28 bits per heavy atom. The molecule has 0 saturated carbocycles. The average Bonchev–Trinajstić information content (AvgIpc) is 2.92. The molecule has 25 heavy (non-hydrogen) atoms. The molecule has 0 spiro atoms. The Bertz CT molecular complexity index is 681. The SMILES string of the molecule is Cc1nc(C)c(C(=O)OCC(=O)NC(=O)NCCC2=CCCCC2)s1. The van der Waals surface area contributed by atoms with Crippen LogP contribution in [0.1, 0.15) is 52.5 Å². The van der Waals surface area contributed by atoms with Gasteiger partial charge in [-0.2, -0.15) is 0 Å². The maximum absolute atomic E-state index is 11.9. The molecule has 0 saturated heterocycles. The molecule has 0 atom stereocenters. The second kappa shape index (κ2) is 9.31. The monoisotopic (exact) mass is 365 g/mol. The average molecular weight is 365 g/mol. The molecule has 1 heterocycles. The summed E-state index contributed by atoms with van der Waals surface area (Å²) in [6, 6.07) is -0.581. The van der Waals surface area contributed by atoms with Gasteiger partial charge in [0.05, 0.1) is 10.7 Å². The molecule has 0 aromatic carbocycles. The quantitative estimate of drug-likeness (QED) is 0.597. The highest BCUT2D eigenvalue weighted by Gasteiger charge is 2.17. The van der Waals surface area contributed by atoms with Crippen molar-refractivity contribution in [1.29, 1.82) is 0 Å². The summed E-state index contributed by atoms with van der Waals surface area (Å²) in [5.74, 6) is -1.27. The number of nitrogens with one attached hydrogen (secondary N) is 2. The summed E-state index contributed by atoms with van der Waals surface area (Å²) in [4.78, 5) is 39.7. The maximum Gasteiger partial charge on any atom is 0.350 e. The van der Waals surface area contributed by atoms with Gasteiger partial charge >= 0.3 is 12.0 Å². The molecule has 1 aliphatic rings. The molecule has 8 heteroatoms. The van der Waals surface area contributed by atoms with E-state index in [2.05, 4.69) is 21.7 Å². The summed E-state index contributed by atoms with van der Waals surface area (Å²) in [5.41, 5.74) is 1.92. The molecule has 2 N–H and O–H groups in total. The molecule has 0 unspecified atom stereocenters. The number of carbonyl (C=O) groups excluding carboxylic acids is 3. The molecule has 0 bridgehead atoms. The highest BCUT2D eigenvalue weighted by molar-refractivity contribution is 7.13. The normalized spacial score (nSPS) is 13.8. The zero-order chi connectivity index (χ0) is 18.2. The van der Waals surface area contributed by atoms with Gasteiger partial charge in [0.25, 0.3) is 5.91 Å². The van der Waals surface area contributed by atoms with Crippen LogP contribution in [-0.2, 0) is 9.53 Å². The minimum Gasteiger partial charge on any atom is -0.451 e. The van der Waals surface area contributed by atoms with Gasteiger partial charge in [-0.15, -0.1) is 11.3 Å². The van der Waals surface area contributed by atoms with Crippen molar-refractivity contribution in [3.8, 4) is 0 Å². The van der Waals surface area contributed by atoms with E-state index >= 15 is 0 Å². The van der Waals surface area contributed by atoms with Crippen molar-refractivity contribution in [3.63, 3.8) is 0 Å². The first kappa shape index (κ1) is 19.1. The summed E-state index contributed by atoms with van der Waals surface area (Å²) < 4.78 is 4.91. The summed E-state index contributed by atoms with van der Waals surface area (Å²) >= 11 is 1.21. The number of imide groups is 1. The molecule has 1 aliphatic carbocycles. The minimum atomic E-state index is -0.665. The summed E-state index contributed by atoms with van der Waals surface area (Å²) in [5, 5.41) is 5.53. The number of aromatic nitrogens is 1. The highest BCUT2D eigenvalue weighted by Crippen LogP contribution is 2.19. The van der Waals surface area contributed by atoms with E-state index in [-0.39, 0.29) is 0 Å². The van der Waals surface area contributed by atoms with E-state index in [0.717, 1.165) is 24.3 Å². The van der Waals surface area contributed by atoms with Crippen molar-refractivity contribution in [1.82, 2.24) is 15.6 Å². The Balaban J connectivity index is 1.65. The van der Waals surface area contributed by atoms with Crippen molar-refractivity contribution >= 4 is 29.2 Å². The first-order chi connectivity index (χ1) is 12.0. The standard InChI is InChI=1S/C17H23N3O4S/c1-11-15(25-12(2)19-11)16(22)24-10-14(21)20-17(23)18-9-8-13-6-4-3-5-7-13/h6H,3-5,7-10H2,1-2H3,(H2,18,20,21,23). The third kappa shape index (κ3) is 6.30. The Kier molecular flexibility index (Phi) is 7.12. The first-order valence-electron chi connectivity index (χ1n) is 8.32. The lowest BCUT2D eigenvalue weighted by molar-refractivity contribution is -0.123. The van der Waals surface area contributed by atoms with Gasteiger partial charge in [-0.3, -0.25) is 10.1 Å². The molecule has 0 radical (unpaired) electrons. The van der Waals surface area contributed by atoms with Gasteiger partial charge in [0.2, 0.25) is 0 Å². The van der Waals surface area contributed by atoms with Crippen LogP contribution in [0, 0.1) is 13.8 Å². The fraction of sp³-hybridized carbons (Fsp3) is 0.529. The van der Waals surface area contributed by atoms with E-state index in [1.807, 2.05) is 0 Å². The van der Waals surface area contributed by atoms with Gasteiger partial charge in [-0.1, -0.05) is 11.6 Å². The summed E-state index contributed by atoms with van der Waals surface area (Å²) in [7, 11) is 0. The van der Waals surface area contributed by atoms with Gasteiger partial charge < -0.3 is 10.1 Å². The van der Waals surface area contributed by atoms with Gasteiger partial charge in [-0.25, -0.2) is 14.6 Å². The second-order valence-corrected chi connectivity index (χ2v) is 7.09. The number of rotatable bonds is 6. The largest absolute Gasteiger partial charge is 0.451 e. The van der Waals surface area contributed by atoms with Crippen molar-refractivity contribution in [2.45, 2.75) is 46.0 Å². The molecule has 136 valence electrons. The van der Waals surface area contributed by atoms with Crippen LogP contribution in [0.4, 0.5) is 4.79 Å². The lowest BCUT2D eigenvalue weighted by Gasteiger charge is -2.13. The number of ether oxygens (including phenoxy) is 1. The van der Waals surface area contributed by atoms with Crippen LogP contribution >= 0.6 is 11.3 Å². The number of hydrogen-bond donors (Lipinski definition) is 2. The zero-order valence-electron chi connectivity index (χ0n) is 14.5. The van der Waals surface area contributed by atoms with Crippen molar-refractivity contribution in [2.75, 3.05) is 13.2 Å². The van der Waals surface area contributed by atoms with Crippen LogP contribution < -0.4 is 10.6 Å². The highest BCUT2D eigenvalue weighted by atomic mass is 32.1. The van der Waals surface area contributed by atoms with Crippen molar-refractivity contribution < 1.29 is 19.1 Å². The molecule has 0 aliphatic heterocycles. The lowest BCUT2D eigenvalue weighted by atomic mass is 9.97. The predicted molar refractivity (Wildman–Crippen MR) is 94.6 cm³/mol. The van der Waals surface area contributed by atoms with Gasteiger partial charge in [0.15, 0.2) is 6.61 Å². The molecular weight excluding hydrogens is 342 g/mol. The Morgan fingerprint density at radius 3 is 2.72 bits per heavy atom.